The van der Waals surface area contributed by atoms with Gasteiger partial charge >= 0.3 is 0 Å². The molecule has 0 unspecified atom stereocenters. The molecule has 17 heavy (non-hydrogen) atoms. The lowest BCUT2D eigenvalue weighted by atomic mass is 9.91. The van der Waals surface area contributed by atoms with Crippen LogP contribution in [0.5, 0.6) is 0 Å². The van der Waals surface area contributed by atoms with Gasteiger partial charge in [0.05, 0.1) is 6.10 Å². The third-order valence-corrected chi connectivity index (χ3v) is 4.04. The number of nitrogens with one attached hydrogen (secondary N) is 1. The Morgan fingerprint density at radius 1 is 1.35 bits per heavy atom. The van der Waals surface area contributed by atoms with Crippen LogP contribution in [-0.2, 0) is 0 Å². The fraction of sp³-hybridized carbons (Fsp3) is 0.571. The second kappa shape index (κ2) is 5.98. The van der Waals surface area contributed by atoms with E-state index in [1.807, 2.05) is 6.07 Å². The minimum Gasteiger partial charge on any atom is -0.392 e. The Balaban J connectivity index is 1.98. The lowest BCUT2D eigenvalue weighted by molar-refractivity contribution is 0.0860. The van der Waals surface area contributed by atoms with E-state index in [0.29, 0.717) is 0 Å². The van der Waals surface area contributed by atoms with Gasteiger partial charge in [-0.15, -0.1) is 0 Å². The number of rotatable bonds is 3. The predicted molar refractivity (Wildman–Crippen MR) is 74.0 cm³/mol. The third-order valence-electron chi connectivity index (χ3n) is 3.54. The highest BCUT2D eigenvalue weighted by molar-refractivity contribution is 9.10. The molecule has 0 spiro atoms. The van der Waals surface area contributed by atoms with Crippen LogP contribution in [0.4, 0.5) is 0 Å². The van der Waals surface area contributed by atoms with Gasteiger partial charge in [-0.25, -0.2) is 0 Å². The molecule has 3 heteroatoms. The van der Waals surface area contributed by atoms with Gasteiger partial charge in [0.2, 0.25) is 0 Å². The van der Waals surface area contributed by atoms with E-state index in [2.05, 4.69) is 46.4 Å². The molecular formula is C14H20BrNO. The monoisotopic (exact) mass is 297 g/mol. The predicted octanol–water partition coefficient (Wildman–Crippen LogP) is 3.40. The van der Waals surface area contributed by atoms with Gasteiger partial charge in [0.15, 0.2) is 0 Å². The first-order valence-corrected chi connectivity index (χ1v) is 7.15. The molecule has 2 nitrogen and oxygen atoms in total. The Morgan fingerprint density at radius 3 is 2.82 bits per heavy atom. The van der Waals surface area contributed by atoms with Crippen molar-refractivity contribution in [3.05, 3.63) is 34.3 Å². The van der Waals surface area contributed by atoms with Crippen molar-refractivity contribution in [3.8, 4) is 0 Å². The van der Waals surface area contributed by atoms with Crippen LogP contribution in [0.1, 0.15) is 44.2 Å². The van der Waals surface area contributed by atoms with Crippen molar-refractivity contribution < 1.29 is 5.11 Å². The Kier molecular flexibility index (Phi) is 4.60. The standard InChI is InChI=1S/C14H20BrNO/c1-10(11-5-4-6-12(15)9-11)16-13-7-2-3-8-14(13)17/h4-6,9-10,13-14,16-17H,2-3,7-8H2,1H3/t10-,13+,14+/m1/s1. The van der Waals surface area contributed by atoms with Crippen molar-refractivity contribution in [2.24, 2.45) is 0 Å². The molecule has 3 atom stereocenters. The van der Waals surface area contributed by atoms with E-state index in [-0.39, 0.29) is 18.2 Å². The fourth-order valence-electron chi connectivity index (χ4n) is 2.50. The molecule has 0 bridgehead atoms. The van der Waals surface area contributed by atoms with Crippen molar-refractivity contribution in [1.82, 2.24) is 5.32 Å². The average molecular weight is 298 g/mol. The fourth-order valence-corrected chi connectivity index (χ4v) is 2.92. The first-order chi connectivity index (χ1) is 8.16. The van der Waals surface area contributed by atoms with Gasteiger partial charge in [-0.05, 0) is 37.5 Å². The molecule has 2 rings (SSSR count). The quantitative estimate of drug-likeness (QED) is 0.896. The molecule has 1 aliphatic rings. The van der Waals surface area contributed by atoms with Crippen LogP contribution in [0, 0.1) is 0 Å². The summed E-state index contributed by atoms with van der Waals surface area (Å²) in [4.78, 5) is 0. The van der Waals surface area contributed by atoms with E-state index in [9.17, 15) is 5.11 Å². The summed E-state index contributed by atoms with van der Waals surface area (Å²) in [7, 11) is 0. The Hall–Kier alpha value is -0.380. The maximum atomic E-state index is 9.95. The van der Waals surface area contributed by atoms with Crippen LogP contribution < -0.4 is 5.32 Å². The van der Waals surface area contributed by atoms with Crippen molar-refractivity contribution in [2.45, 2.75) is 50.8 Å². The van der Waals surface area contributed by atoms with Gasteiger partial charge in [-0.1, -0.05) is 40.9 Å². The molecule has 1 saturated carbocycles. The maximum Gasteiger partial charge on any atom is 0.0693 e. The summed E-state index contributed by atoms with van der Waals surface area (Å²) in [5.41, 5.74) is 1.26. The Labute approximate surface area is 112 Å². The highest BCUT2D eigenvalue weighted by Gasteiger charge is 2.24. The normalized spacial score (nSPS) is 26.8. The van der Waals surface area contributed by atoms with E-state index in [4.69, 9.17) is 0 Å². The zero-order valence-electron chi connectivity index (χ0n) is 10.2. The van der Waals surface area contributed by atoms with Gasteiger partial charge in [0, 0.05) is 16.6 Å². The summed E-state index contributed by atoms with van der Waals surface area (Å²) < 4.78 is 1.10. The van der Waals surface area contributed by atoms with Crippen LogP contribution in [0.2, 0.25) is 0 Å². The van der Waals surface area contributed by atoms with E-state index >= 15 is 0 Å². The highest BCUT2D eigenvalue weighted by atomic mass is 79.9. The summed E-state index contributed by atoms with van der Waals surface area (Å²) in [6.07, 6.45) is 4.21. The molecule has 0 aliphatic heterocycles. The molecule has 0 radical (unpaired) electrons. The summed E-state index contributed by atoms with van der Waals surface area (Å²) in [5, 5.41) is 13.5. The minimum atomic E-state index is -0.182. The lowest BCUT2D eigenvalue weighted by Crippen LogP contribution is -2.43. The second-order valence-electron chi connectivity index (χ2n) is 4.90. The molecule has 1 aromatic rings. The molecular weight excluding hydrogens is 278 g/mol. The molecule has 1 aromatic carbocycles. The van der Waals surface area contributed by atoms with Gasteiger partial charge in [-0.3, -0.25) is 0 Å². The highest BCUT2D eigenvalue weighted by Crippen LogP contribution is 2.23. The van der Waals surface area contributed by atoms with Crippen molar-refractivity contribution in [2.75, 3.05) is 0 Å². The largest absolute Gasteiger partial charge is 0.392 e. The first-order valence-electron chi connectivity index (χ1n) is 6.36. The van der Waals surface area contributed by atoms with Crippen LogP contribution in [0.3, 0.4) is 0 Å². The van der Waals surface area contributed by atoms with Gasteiger partial charge in [0.25, 0.3) is 0 Å². The van der Waals surface area contributed by atoms with E-state index in [1.54, 1.807) is 0 Å². The maximum absolute atomic E-state index is 9.95. The third kappa shape index (κ3) is 3.54. The number of hydrogen-bond acceptors (Lipinski definition) is 2. The van der Waals surface area contributed by atoms with Crippen LogP contribution in [0.25, 0.3) is 0 Å². The molecule has 0 aromatic heterocycles. The van der Waals surface area contributed by atoms with E-state index in [1.165, 1.54) is 12.0 Å². The first kappa shape index (κ1) is 13.1. The topological polar surface area (TPSA) is 32.3 Å². The molecule has 1 fully saturated rings. The average Bonchev–Trinajstić information content (AvgIpc) is 2.32. The Morgan fingerprint density at radius 2 is 2.12 bits per heavy atom. The van der Waals surface area contributed by atoms with Crippen LogP contribution in [-0.4, -0.2) is 17.3 Å². The number of benzene rings is 1. The number of aliphatic hydroxyl groups excluding tert-OH is 1. The summed E-state index contributed by atoms with van der Waals surface area (Å²) >= 11 is 3.49. The van der Waals surface area contributed by atoms with Crippen molar-refractivity contribution in [1.29, 1.82) is 0 Å². The van der Waals surface area contributed by atoms with Crippen LogP contribution >= 0.6 is 15.9 Å². The SMILES string of the molecule is C[C@@H](N[C@H]1CCCC[C@@H]1O)c1cccc(Br)c1. The van der Waals surface area contributed by atoms with E-state index in [0.717, 1.165) is 23.7 Å². The summed E-state index contributed by atoms with van der Waals surface area (Å²) in [6, 6.07) is 8.87. The lowest BCUT2D eigenvalue weighted by Gasteiger charge is -2.31. The number of aliphatic hydroxyl groups is 1. The number of halogens is 1. The van der Waals surface area contributed by atoms with Crippen LogP contribution in [0.15, 0.2) is 28.7 Å². The zero-order chi connectivity index (χ0) is 12.3. The number of hydrogen-bond donors (Lipinski definition) is 2. The van der Waals surface area contributed by atoms with Gasteiger partial charge in [-0.2, -0.15) is 0 Å². The van der Waals surface area contributed by atoms with Crippen molar-refractivity contribution in [3.63, 3.8) is 0 Å². The molecule has 0 heterocycles. The van der Waals surface area contributed by atoms with Gasteiger partial charge in [0.1, 0.15) is 0 Å². The summed E-state index contributed by atoms with van der Waals surface area (Å²) in [5.74, 6) is 0. The summed E-state index contributed by atoms with van der Waals surface area (Å²) in [6.45, 7) is 2.16. The Bertz CT molecular complexity index is 369. The molecule has 94 valence electrons. The zero-order valence-corrected chi connectivity index (χ0v) is 11.8. The minimum absolute atomic E-state index is 0.182. The second-order valence-corrected chi connectivity index (χ2v) is 5.82. The van der Waals surface area contributed by atoms with Crippen molar-refractivity contribution >= 4 is 15.9 Å². The van der Waals surface area contributed by atoms with Gasteiger partial charge < -0.3 is 10.4 Å². The van der Waals surface area contributed by atoms with E-state index < -0.39 is 0 Å². The molecule has 0 saturated heterocycles. The molecule has 0 amide bonds. The molecule has 1 aliphatic carbocycles. The smallest absolute Gasteiger partial charge is 0.0693 e. The molecule has 2 N–H and O–H groups in total.